The molecule has 0 saturated heterocycles. The van der Waals surface area contributed by atoms with Crippen LogP contribution in [0, 0.1) is 0 Å². The van der Waals surface area contributed by atoms with Gasteiger partial charge in [0, 0.05) is 27.5 Å². The van der Waals surface area contributed by atoms with Crippen LogP contribution in [0.25, 0.3) is 60.2 Å². The maximum absolute atomic E-state index is 3.68. The molecular weight excluding hydrogens is 484 g/mol. The van der Waals surface area contributed by atoms with Crippen molar-refractivity contribution in [1.29, 1.82) is 0 Å². The fourth-order valence-electron chi connectivity index (χ4n) is 6.03. The van der Waals surface area contributed by atoms with Crippen molar-refractivity contribution in [2.24, 2.45) is 0 Å². The van der Waals surface area contributed by atoms with Gasteiger partial charge in [0.05, 0.1) is 16.7 Å². The summed E-state index contributed by atoms with van der Waals surface area (Å²) in [7, 11) is 0. The molecular formula is C38H26N2. The zero-order valence-corrected chi connectivity index (χ0v) is 21.9. The summed E-state index contributed by atoms with van der Waals surface area (Å²) in [6.45, 7) is 0. The SMILES string of the molecule is c1cc(Nc2ccc3c(c2)c2ccccc2n3-c2cccc3ccccc23)cc(-c2ccc3ccccc3c2)c1. The van der Waals surface area contributed by atoms with Gasteiger partial charge in [-0.1, -0.05) is 103 Å². The average Bonchev–Trinajstić information content (AvgIpc) is 3.34. The van der Waals surface area contributed by atoms with Crippen LogP contribution >= 0.6 is 0 Å². The standard InChI is InChI=1S/C38H26N2/c1-2-11-28-23-30(20-19-26(28)9-1)29-13-7-14-31(24-29)39-32-21-22-38-35(25-32)34-16-5-6-17-37(34)40(38)36-18-8-12-27-10-3-4-15-33(27)36/h1-25,39H. The summed E-state index contributed by atoms with van der Waals surface area (Å²) >= 11 is 0. The van der Waals surface area contributed by atoms with Crippen molar-refractivity contribution in [1.82, 2.24) is 4.57 Å². The second-order valence-corrected chi connectivity index (χ2v) is 10.4. The van der Waals surface area contributed by atoms with Gasteiger partial charge in [0.1, 0.15) is 0 Å². The van der Waals surface area contributed by atoms with E-state index >= 15 is 0 Å². The lowest BCUT2D eigenvalue weighted by atomic mass is 10.0. The first-order valence-electron chi connectivity index (χ1n) is 13.7. The molecule has 40 heavy (non-hydrogen) atoms. The van der Waals surface area contributed by atoms with Gasteiger partial charge in [-0.15, -0.1) is 0 Å². The fourth-order valence-corrected chi connectivity index (χ4v) is 6.03. The van der Waals surface area contributed by atoms with Crippen molar-refractivity contribution in [3.05, 3.63) is 152 Å². The Morgan fingerprint density at radius 2 is 1.05 bits per heavy atom. The molecule has 2 heteroatoms. The fraction of sp³-hybridized carbons (Fsp3) is 0. The highest BCUT2D eigenvalue weighted by Gasteiger charge is 2.14. The van der Waals surface area contributed by atoms with E-state index in [4.69, 9.17) is 0 Å². The van der Waals surface area contributed by atoms with Crippen molar-refractivity contribution < 1.29 is 0 Å². The third-order valence-electron chi connectivity index (χ3n) is 7.91. The van der Waals surface area contributed by atoms with E-state index in [1.807, 2.05) is 0 Å². The van der Waals surface area contributed by atoms with Crippen molar-refractivity contribution in [2.45, 2.75) is 0 Å². The molecule has 7 aromatic carbocycles. The number of nitrogens with one attached hydrogen (secondary N) is 1. The molecule has 1 aromatic heterocycles. The molecule has 188 valence electrons. The number of benzene rings is 7. The van der Waals surface area contributed by atoms with Crippen molar-refractivity contribution >= 4 is 54.7 Å². The van der Waals surface area contributed by atoms with E-state index < -0.39 is 0 Å². The van der Waals surface area contributed by atoms with Crippen molar-refractivity contribution in [3.8, 4) is 16.8 Å². The van der Waals surface area contributed by atoms with Gasteiger partial charge in [-0.3, -0.25) is 0 Å². The van der Waals surface area contributed by atoms with Gasteiger partial charge in [0.2, 0.25) is 0 Å². The van der Waals surface area contributed by atoms with E-state index in [1.165, 1.54) is 60.2 Å². The molecule has 0 amide bonds. The topological polar surface area (TPSA) is 17.0 Å². The molecule has 0 aliphatic heterocycles. The minimum absolute atomic E-state index is 1.07. The largest absolute Gasteiger partial charge is 0.355 e. The quantitative estimate of drug-likeness (QED) is 0.249. The highest BCUT2D eigenvalue weighted by Crippen LogP contribution is 2.36. The zero-order chi connectivity index (χ0) is 26.5. The molecule has 0 fully saturated rings. The van der Waals surface area contributed by atoms with Crippen LogP contribution in [0.2, 0.25) is 0 Å². The van der Waals surface area contributed by atoms with Gasteiger partial charge in [0.25, 0.3) is 0 Å². The second-order valence-electron chi connectivity index (χ2n) is 10.4. The Morgan fingerprint density at radius 1 is 0.375 bits per heavy atom. The van der Waals surface area contributed by atoms with Crippen LogP contribution < -0.4 is 5.32 Å². The van der Waals surface area contributed by atoms with E-state index in [0.717, 1.165) is 11.4 Å². The van der Waals surface area contributed by atoms with E-state index in [2.05, 4.69) is 162 Å². The normalized spacial score (nSPS) is 11.5. The third-order valence-corrected chi connectivity index (χ3v) is 7.91. The Hall–Kier alpha value is -5.34. The first kappa shape index (κ1) is 22.6. The summed E-state index contributed by atoms with van der Waals surface area (Å²) in [4.78, 5) is 0. The maximum atomic E-state index is 3.68. The summed E-state index contributed by atoms with van der Waals surface area (Å²) in [5.41, 5.74) is 8.18. The zero-order valence-electron chi connectivity index (χ0n) is 21.9. The van der Waals surface area contributed by atoms with Crippen LogP contribution in [0.1, 0.15) is 0 Å². The van der Waals surface area contributed by atoms with Gasteiger partial charge < -0.3 is 9.88 Å². The minimum Gasteiger partial charge on any atom is -0.355 e. The average molecular weight is 511 g/mol. The number of aromatic nitrogens is 1. The summed E-state index contributed by atoms with van der Waals surface area (Å²) in [5.74, 6) is 0. The van der Waals surface area contributed by atoms with Crippen molar-refractivity contribution in [3.63, 3.8) is 0 Å². The number of rotatable bonds is 4. The number of fused-ring (bicyclic) bond motifs is 5. The van der Waals surface area contributed by atoms with E-state index in [0.29, 0.717) is 0 Å². The Balaban J connectivity index is 1.22. The molecule has 0 atom stereocenters. The molecule has 0 unspecified atom stereocenters. The smallest absolute Gasteiger partial charge is 0.0542 e. The predicted molar refractivity (Wildman–Crippen MR) is 171 cm³/mol. The van der Waals surface area contributed by atoms with Gasteiger partial charge in [-0.05, 0) is 75.8 Å². The lowest BCUT2D eigenvalue weighted by Crippen LogP contribution is -1.95. The molecule has 0 spiro atoms. The molecule has 8 aromatic rings. The molecule has 8 rings (SSSR count). The monoisotopic (exact) mass is 510 g/mol. The summed E-state index contributed by atoms with van der Waals surface area (Å²) in [6.07, 6.45) is 0. The van der Waals surface area contributed by atoms with E-state index in [9.17, 15) is 0 Å². The number of hydrogen-bond acceptors (Lipinski definition) is 1. The lowest BCUT2D eigenvalue weighted by molar-refractivity contribution is 1.20. The number of para-hydroxylation sites is 1. The van der Waals surface area contributed by atoms with Gasteiger partial charge in [0.15, 0.2) is 0 Å². The Bertz CT molecular complexity index is 2200. The second kappa shape index (κ2) is 9.14. The van der Waals surface area contributed by atoms with Crippen LogP contribution in [0.4, 0.5) is 11.4 Å². The van der Waals surface area contributed by atoms with Gasteiger partial charge >= 0.3 is 0 Å². The van der Waals surface area contributed by atoms with Gasteiger partial charge in [-0.2, -0.15) is 0 Å². The summed E-state index contributed by atoms with van der Waals surface area (Å²) < 4.78 is 2.40. The molecule has 2 nitrogen and oxygen atoms in total. The van der Waals surface area contributed by atoms with Crippen LogP contribution in [0.5, 0.6) is 0 Å². The molecule has 0 saturated carbocycles. The van der Waals surface area contributed by atoms with Crippen LogP contribution in [-0.2, 0) is 0 Å². The molecule has 1 heterocycles. The van der Waals surface area contributed by atoms with E-state index in [1.54, 1.807) is 0 Å². The molecule has 1 N–H and O–H groups in total. The highest BCUT2D eigenvalue weighted by molar-refractivity contribution is 6.11. The maximum Gasteiger partial charge on any atom is 0.0542 e. The Labute approximate surface area is 232 Å². The minimum atomic E-state index is 1.07. The first-order chi connectivity index (χ1) is 19.8. The van der Waals surface area contributed by atoms with Gasteiger partial charge in [-0.25, -0.2) is 0 Å². The number of hydrogen-bond donors (Lipinski definition) is 1. The first-order valence-corrected chi connectivity index (χ1v) is 13.7. The number of anilines is 2. The summed E-state index contributed by atoms with van der Waals surface area (Å²) in [6, 6.07) is 54.4. The number of nitrogens with zero attached hydrogens (tertiary/aromatic N) is 1. The van der Waals surface area contributed by atoms with E-state index in [-0.39, 0.29) is 0 Å². The molecule has 0 bridgehead atoms. The molecule has 0 aliphatic rings. The Kier molecular flexibility index (Phi) is 5.17. The van der Waals surface area contributed by atoms with Crippen LogP contribution in [0.15, 0.2) is 152 Å². The third kappa shape index (κ3) is 3.73. The van der Waals surface area contributed by atoms with Crippen LogP contribution in [0.3, 0.4) is 0 Å². The lowest BCUT2D eigenvalue weighted by Gasteiger charge is -2.12. The highest BCUT2D eigenvalue weighted by atomic mass is 15.0. The van der Waals surface area contributed by atoms with Crippen molar-refractivity contribution in [2.75, 3.05) is 5.32 Å². The molecule has 0 radical (unpaired) electrons. The Morgan fingerprint density at radius 3 is 1.98 bits per heavy atom. The van der Waals surface area contributed by atoms with Crippen LogP contribution in [-0.4, -0.2) is 4.57 Å². The molecule has 0 aliphatic carbocycles. The predicted octanol–water partition coefficient (Wildman–Crippen LogP) is 10.5. The summed E-state index contributed by atoms with van der Waals surface area (Å²) in [5, 5.41) is 11.2.